The SMILES string of the molecule is Cc1ccc(CS(=O)(=O)CCC[N+]2(C)CCOCC2)cc1.[I-]. The fourth-order valence-corrected chi connectivity index (χ4v) is 4.10. The quantitative estimate of drug-likeness (QED) is 0.413. The summed E-state index contributed by atoms with van der Waals surface area (Å²) in [5.74, 6) is 0.426. The van der Waals surface area contributed by atoms with Crippen molar-refractivity contribution in [2.24, 2.45) is 0 Å². The van der Waals surface area contributed by atoms with Crippen molar-refractivity contribution in [1.82, 2.24) is 0 Å². The van der Waals surface area contributed by atoms with Crippen LogP contribution in [0.1, 0.15) is 17.5 Å². The second-order valence-corrected chi connectivity index (χ2v) is 8.52. The maximum Gasteiger partial charge on any atom is 0.154 e. The summed E-state index contributed by atoms with van der Waals surface area (Å²) in [6.07, 6.45) is 0.727. The summed E-state index contributed by atoms with van der Waals surface area (Å²) in [7, 11) is -0.827. The van der Waals surface area contributed by atoms with Crippen LogP contribution in [-0.4, -0.2) is 58.5 Å². The number of hydrogen-bond donors (Lipinski definition) is 0. The Kier molecular flexibility index (Phi) is 7.78. The number of benzene rings is 1. The van der Waals surface area contributed by atoms with Gasteiger partial charge in [-0.3, -0.25) is 0 Å². The molecule has 1 fully saturated rings. The van der Waals surface area contributed by atoms with E-state index in [4.69, 9.17) is 4.74 Å². The number of aryl methyl sites for hydroxylation is 1. The highest BCUT2D eigenvalue weighted by molar-refractivity contribution is 7.90. The normalized spacial score (nSPS) is 17.7. The van der Waals surface area contributed by atoms with Gasteiger partial charge in [-0.05, 0) is 12.5 Å². The first-order valence-corrected chi connectivity index (χ1v) is 9.38. The van der Waals surface area contributed by atoms with Crippen LogP contribution in [0.2, 0.25) is 0 Å². The highest BCUT2D eigenvalue weighted by Crippen LogP contribution is 2.12. The number of hydrogen-bond acceptors (Lipinski definition) is 3. The lowest BCUT2D eigenvalue weighted by molar-refractivity contribution is -0.916. The van der Waals surface area contributed by atoms with Gasteiger partial charge >= 0.3 is 0 Å². The van der Waals surface area contributed by atoms with E-state index in [-0.39, 0.29) is 35.5 Å². The van der Waals surface area contributed by atoms with Crippen LogP contribution in [-0.2, 0) is 20.3 Å². The molecule has 0 unspecified atom stereocenters. The van der Waals surface area contributed by atoms with Gasteiger partial charge in [0, 0.05) is 6.42 Å². The van der Waals surface area contributed by atoms with Crippen molar-refractivity contribution in [1.29, 1.82) is 0 Å². The molecular formula is C16H26INO3S. The van der Waals surface area contributed by atoms with Crippen LogP contribution < -0.4 is 24.0 Å². The summed E-state index contributed by atoms with van der Waals surface area (Å²) in [6.45, 7) is 6.45. The minimum Gasteiger partial charge on any atom is -1.00 e. The van der Waals surface area contributed by atoms with E-state index >= 15 is 0 Å². The third kappa shape index (κ3) is 6.52. The Morgan fingerprint density at radius 3 is 2.32 bits per heavy atom. The number of nitrogens with zero attached hydrogens (tertiary/aromatic N) is 1. The summed E-state index contributed by atoms with van der Waals surface area (Å²) in [5, 5.41) is 0. The lowest BCUT2D eigenvalue weighted by atomic mass is 10.2. The van der Waals surface area contributed by atoms with Crippen LogP contribution in [0, 0.1) is 6.92 Å². The first-order chi connectivity index (χ1) is 9.89. The summed E-state index contributed by atoms with van der Waals surface area (Å²) >= 11 is 0. The highest BCUT2D eigenvalue weighted by Gasteiger charge is 2.25. The number of sulfone groups is 1. The Labute approximate surface area is 151 Å². The van der Waals surface area contributed by atoms with Crippen molar-refractivity contribution in [2.45, 2.75) is 19.1 Å². The molecule has 1 heterocycles. The molecule has 1 aromatic rings. The van der Waals surface area contributed by atoms with Crippen LogP contribution in [0.5, 0.6) is 0 Å². The van der Waals surface area contributed by atoms with Gasteiger partial charge in [-0.15, -0.1) is 0 Å². The van der Waals surface area contributed by atoms with Gasteiger partial charge in [-0.2, -0.15) is 0 Å². The Bertz CT molecular complexity index is 551. The van der Waals surface area contributed by atoms with Crippen molar-refractivity contribution in [3.05, 3.63) is 35.4 Å². The summed E-state index contributed by atoms with van der Waals surface area (Å²) in [4.78, 5) is 0. The molecule has 4 nitrogen and oxygen atoms in total. The van der Waals surface area contributed by atoms with Crippen LogP contribution >= 0.6 is 0 Å². The fourth-order valence-electron chi connectivity index (χ4n) is 2.68. The van der Waals surface area contributed by atoms with E-state index < -0.39 is 9.84 Å². The number of likely N-dealkylation sites (N-methyl/N-ethyl adjacent to an activating group) is 1. The lowest BCUT2D eigenvalue weighted by Crippen LogP contribution is -3.00. The third-order valence-corrected chi connectivity index (χ3v) is 5.90. The molecular weight excluding hydrogens is 413 g/mol. The molecule has 0 N–H and O–H groups in total. The maximum atomic E-state index is 12.2. The minimum atomic E-state index is -3.02. The summed E-state index contributed by atoms with van der Waals surface area (Å²) < 4.78 is 30.7. The van der Waals surface area contributed by atoms with Crippen molar-refractivity contribution in [3.8, 4) is 0 Å². The van der Waals surface area contributed by atoms with Crippen molar-refractivity contribution in [3.63, 3.8) is 0 Å². The van der Waals surface area contributed by atoms with Gasteiger partial charge in [-0.1, -0.05) is 29.8 Å². The van der Waals surface area contributed by atoms with Crippen LogP contribution in [0.4, 0.5) is 0 Å². The van der Waals surface area contributed by atoms with Gasteiger partial charge in [0.05, 0.1) is 38.3 Å². The molecule has 0 aliphatic carbocycles. The molecule has 1 aliphatic rings. The van der Waals surface area contributed by atoms with E-state index in [0.29, 0.717) is 0 Å². The predicted octanol–water partition coefficient (Wildman–Crippen LogP) is -1.22. The topological polar surface area (TPSA) is 43.4 Å². The molecule has 0 radical (unpaired) electrons. The van der Waals surface area contributed by atoms with E-state index in [1.54, 1.807) is 0 Å². The fraction of sp³-hybridized carbons (Fsp3) is 0.625. The minimum absolute atomic E-state index is 0. The van der Waals surface area contributed by atoms with Gasteiger partial charge in [0.25, 0.3) is 0 Å². The zero-order valence-electron chi connectivity index (χ0n) is 13.4. The van der Waals surface area contributed by atoms with Crippen LogP contribution in [0.15, 0.2) is 24.3 Å². The van der Waals surface area contributed by atoms with Gasteiger partial charge in [0.1, 0.15) is 13.1 Å². The average Bonchev–Trinajstić information content (AvgIpc) is 2.41. The second-order valence-electron chi connectivity index (χ2n) is 6.33. The molecule has 1 aromatic carbocycles. The molecule has 6 heteroatoms. The van der Waals surface area contributed by atoms with Crippen molar-refractivity contribution in [2.75, 3.05) is 45.6 Å². The highest BCUT2D eigenvalue weighted by atomic mass is 127. The Morgan fingerprint density at radius 2 is 1.73 bits per heavy atom. The van der Waals surface area contributed by atoms with Gasteiger partial charge in [0.15, 0.2) is 9.84 Å². The zero-order chi connectivity index (χ0) is 15.3. The van der Waals surface area contributed by atoms with Crippen molar-refractivity contribution >= 4 is 9.84 Å². The Hall–Kier alpha value is -0.180. The summed E-state index contributed by atoms with van der Waals surface area (Å²) in [5.41, 5.74) is 2.04. The van der Waals surface area contributed by atoms with Crippen LogP contribution in [0.25, 0.3) is 0 Å². The van der Waals surface area contributed by atoms with E-state index in [1.807, 2.05) is 31.2 Å². The van der Waals surface area contributed by atoms with Gasteiger partial charge in [0.2, 0.25) is 0 Å². The largest absolute Gasteiger partial charge is 1.00 e. The first-order valence-electron chi connectivity index (χ1n) is 7.56. The van der Waals surface area contributed by atoms with E-state index in [9.17, 15) is 8.42 Å². The average molecular weight is 439 g/mol. The first kappa shape index (κ1) is 19.9. The molecule has 1 saturated heterocycles. The molecule has 126 valence electrons. The third-order valence-electron chi connectivity index (χ3n) is 4.21. The van der Waals surface area contributed by atoms with E-state index in [2.05, 4.69) is 7.05 Å². The monoisotopic (exact) mass is 439 g/mol. The number of morpholine rings is 1. The lowest BCUT2D eigenvalue weighted by Gasteiger charge is -2.37. The molecule has 2 rings (SSSR count). The zero-order valence-corrected chi connectivity index (χ0v) is 16.4. The molecule has 0 spiro atoms. The van der Waals surface area contributed by atoms with Gasteiger partial charge in [-0.25, -0.2) is 8.42 Å². The molecule has 0 atom stereocenters. The predicted molar refractivity (Wildman–Crippen MR) is 84.9 cm³/mol. The standard InChI is InChI=1S/C16H26NO3S.HI/c1-15-4-6-16(7-5-15)14-21(18,19)13-3-8-17(2)9-11-20-12-10-17;/h4-7H,3,8-14H2,1-2H3;1H/q+1;/p-1. The molecule has 22 heavy (non-hydrogen) atoms. The smallest absolute Gasteiger partial charge is 0.154 e. The molecule has 0 bridgehead atoms. The number of rotatable bonds is 6. The van der Waals surface area contributed by atoms with Crippen molar-refractivity contribution < 1.29 is 41.6 Å². The van der Waals surface area contributed by atoms with E-state index in [1.165, 1.54) is 0 Å². The number of ether oxygens (including phenoxy) is 1. The Balaban J connectivity index is 0.00000242. The molecule has 0 amide bonds. The van der Waals surface area contributed by atoms with E-state index in [0.717, 1.165) is 54.9 Å². The second kappa shape index (κ2) is 8.61. The van der Waals surface area contributed by atoms with Gasteiger partial charge < -0.3 is 33.2 Å². The molecule has 0 saturated carbocycles. The molecule has 1 aliphatic heterocycles. The molecule has 0 aromatic heterocycles. The summed E-state index contributed by atoms with van der Waals surface area (Å²) in [6, 6.07) is 7.74. The number of halogens is 1. The van der Waals surface area contributed by atoms with Crippen LogP contribution in [0.3, 0.4) is 0 Å². The maximum absolute atomic E-state index is 12.2. The Morgan fingerprint density at radius 1 is 1.14 bits per heavy atom. The number of quaternary nitrogens is 1.